The van der Waals surface area contributed by atoms with Crippen LogP contribution in [0.15, 0.2) is 65.2 Å². The number of benzene rings is 2. The topological polar surface area (TPSA) is 69.3 Å². The molecule has 2 aromatic heterocycles. The van der Waals surface area contributed by atoms with Crippen LogP contribution in [-0.4, -0.2) is 15.7 Å². The molecule has 0 fully saturated rings. The second-order valence-electron chi connectivity index (χ2n) is 8.32. The maximum Gasteiger partial charge on any atom is 0.292 e. The Hall–Kier alpha value is -3.22. The van der Waals surface area contributed by atoms with Gasteiger partial charge in [0.2, 0.25) is 0 Å². The standard InChI is InChI=1S/C26H25Cl2N3O3/c1-16(2)20-10-8-17(3)12-24(20)33-15-19-9-11-23(34-19)26(32)29-25-22(28)14-31(30-25)13-18-6-4-5-7-21(18)27/h4-12,14,16H,13,15H2,1-3H3,(H,29,30,32). The molecule has 2 aromatic carbocycles. The minimum Gasteiger partial charge on any atom is -0.485 e. The molecular formula is C26H25Cl2N3O3. The minimum atomic E-state index is -0.449. The largest absolute Gasteiger partial charge is 0.485 e. The van der Waals surface area contributed by atoms with Crippen LogP contribution in [0.2, 0.25) is 10.0 Å². The lowest BCUT2D eigenvalue weighted by Crippen LogP contribution is -2.12. The first-order valence-corrected chi connectivity index (χ1v) is 11.7. The van der Waals surface area contributed by atoms with Crippen molar-refractivity contribution in [1.29, 1.82) is 0 Å². The van der Waals surface area contributed by atoms with Gasteiger partial charge in [-0.3, -0.25) is 9.48 Å². The van der Waals surface area contributed by atoms with Crippen LogP contribution >= 0.6 is 23.2 Å². The van der Waals surface area contributed by atoms with Gasteiger partial charge < -0.3 is 14.5 Å². The molecule has 1 amide bonds. The molecule has 6 nitrogen and oxygen atoms in total. The zero-order valence-corrected chi connectivity index (χ0v) is 20.7. The van der Waals surface area contributed by atoms with Crippen LogP contribution in [0.25, 0.3) is 0 Å². The maximum absolute atomic E-state index is 12.7. The molecule has 0 saturated heterocycles. The summed E-state index contributed by atoms with van der Waals surface area (Å²) in [5, 5.41) is 8.00. The molecule has 0 aliphatic rings. The summed E-state index contributed by atoms with van der Waals surface area (Å²) in [6, 6.07) is 16.9. The van der Waals surface area contributed by atoms with Crippen LogP contribution < -0.4 is 10.1 Å². The number of aromatic nitrogens is 2. The van der Waals surface area contributed by atoms with Crippen LogP contribution in [0.5, 0.6) is 5.75 Å². The number of hydrogen-bond acceptors (Lipinski definition) is 4. The van der Waals surface area contributed by atoms with Gasteiger partial charge in [0.05, 0.1) is 6.54 Å². The van der Waals surface area contributed by atoms with Crippen LogP contribution in [0, 0.1) is 6.92 Å². The van der Waals surface area contributed by atoms with Crippen molar-refractivity contribution in [1.82, 2.24) is 9.78 Å². The Bertz CT molecular complexity index is 1310. The zero-order chi connectivity index (χ0) is 24.2. The highest BCUT2D eigenvalue weighted by Crippen LogP contribution is 2.28. The fraction of sp³-hybridized carbons (Fsp3) is 0.231. The van der Waals surface area contributed by atoms with E-state index in [0.717, 1.165) is 22.4 Å². The van der Waals surface area contributed by atoms with Gasteiger partial charge in [-0.2, -0.15) is 5.10 Å². The Morgan fingerprint density at radius 1 is 1.12 bits per heavy atom. The summed E-state index contributed by atoms with van der Waals surface area (Å²) in [7, 11) is 0. The summed E-state index contributed by atoms with van der Waals surface area (Å²) >= 11 is 12.5. The van der Waals surface area contributed by atoms with E-state index in [-0.39, 0.29) is 18.2 Å². The fourth-order valence-corrected chi connectivity index (χ4v) is 3.90. The van der Waals surface area contributed by atoms with E-state index in [9.17, 15) is 4.79 Å². The van der Waals surface area contributed by atoms with Crippen molar-refractivity contribution in [3.63, 3.8) is 0 Å². The molecule has 0 spiro atoms. The summed E-state index contributed by atoms with van der Waals surface area (Å²) < 4.78 is 13.3. The number of rotatable bonds is 8. The number of nitrogens with zero attached hydrogens (tertiary/aromatic N) is 2. The van der Waals surface area contributed by atoms with Crippen molar-refractivity contribution < 1.29 is 13.9 Å². The molecule has 0 radical (unpaired) electrons. The predicted octanol–water partition coefficient (Wildman–Crippen LogP) is 7.09. The third kappa shape index (κ3) is 5.64. The van der Waals surface area contributed by atoms with Gasteiger partial charge in [-0.1, -0.05) is 67.4 Å². The molecule has 2 heterocycles. The number of amides is 1. The van der Waals surface area contributed by atoms with Crippen LogP contribution in [0.4, 0.5) is 5.82 Å². The maximum atomic E-state index is 12.7. The Balaban J connectivity index is 1.40. The summed E-state index contributed by atoms with van der Waals surface area (Å²) in [6.45, 7) is 6.90. The fourth-order valence-electron chi connectivity index (χ4n) is 3.50. The van der Waals surface area contributed by atoms with Crippen LogP contribution in [-0.2, 0) is 13.2 Å². The second-order valence-corrected chi connectivity index (χ2v) is 9.13. The van der Waals surface area contributed by atoms with Crippen molar-refractivity contribution in [2.75, 3.05) is 5.32 Å². The van der Waals surface area contributed by atoms with Crippen molar-refractivity contribution in [3.8, 4) is 5.75 Å². The number of hydrogen-bond donors (Lipinski definition) is 1. The lowest BCUT2D eigenvalue weighted by atomic mass is 10.0. The third-order valence-electron chi connectivity index (χ3n) is 5.29. The van der Waals surface area contributed by atoms with Crippen molar-refractivity contribution >= 4 is 34.9 Å². The molecule has 4 rings (SSSR count). The van der Waals surface area contributed by atoms with Gasteiger partial charge in [0.25, 0.3) is 5.91 Å². The van der Waals surface area contributed by atoms with Crippen molar-refractivity contribution in [2.24, 2.45) is 0 Å². The minimum absolute atomic E-state index is 0.142. The Morgan fingerprint density at radius 3 is 2.68 bits per heavy atom. The van der Waals surface area contributed by atoms with Crippen molar-refractivity contribution in [2.45, 2.75) is 39.8 Å². The molecular weight excluding hydrogens is 473 g/mol. The van der Waals surface area contributed by atoms with E-state index in [2.05, 4.69) is 36.4 Å². The van der Waals surface area contributed by atoms with Crippen LogP contribution in [0.3, 0.4) is 0 Å². The second kappa shape index (κ2) is 10.4. The van der Waals surface area contributed by atoms with Crippen molar-refractivity contribution in [3.05, 3.63) is 99.1 Å². The van der Waals surface area contributed by atoms with E-state index in [1.165, 1.54) is 0 Å². The molecule has 8 heteroatoms. The van der Waals surface area contributed by atoms with Gasteiger partial charge >= 0.3 is 0 Å². The number of carbonyl (C=O) groups is 1. The highest BCUT2D eigenvalue weighted by atomic mass is 35.5. The first-order chi connectivity index (χ1) is 16.3. The molecule has 0 saturated carbocycles. The summed E-state index contributed by atoms with van der Waals surface area (Å²) in [5.74, 6) is 1.62. The number of nitrogens with one attached hydrogen (secondary N) is 1. The molecule has 34 heavy (non-hydrogen) atoms. The number of carbonyl (C=O) groups excluding carboxylic acids is 1. The van der Waals surface area contributed by atoms with Gasteiger partial charge in [-0.05, 0) is 53.8 Å². The van der Waals surface area contributed by atoms with Crippen LogP contribution in [0.1, 0.15) is 52.8 Å². The predicted molar refractivity (Wildman–Crippen MR) is 134 cm³/mol. The molecule has 0 aliphatic heterocycles. The first-order valence-electron chi connectivity index (χ1n) is 10.9. The summed E-state index contributed by atoms with van der Waals surface area (Å²) in [5.41, 5.74) is 3.13. The highest BCUT2D eigenvalue weighted by Gasteiger charge is 2.17. The van der Waals surface area contributed by atoms with Gasteiger partial charge in [-0.25, -0.2) is 0 Å². The Kier molecular flexibility index (Phi) is 7.29. The number of aryl methyl sites for hydroxylation is 1. The molecule has 0 bridgehead atoms. The van der Waals surface area contributed by atoms with E-state index in [0.29, 0.717) is 28.3 Å². The number of halogens is 2. The monoisotopic (exact) mass is 497 g/mol. The Morgan fingerprint density at radius 2 is 1.91 bits per heavy atom. The first kappa shape index (κ1) is 23.9. The van der Waals surface area contributed by atoms with E-state index in [4.69, 9.17) is 32.4 Å². The quantitative estimate of drug-likeness (QED) is 0.282. The number of anilines is 1. The van der Waals surface area contributed by atoms with Gasteiger partial charge in [0.1, 0.15) is 23.1 Å². The SMILES string of the molecule is Cc1ccc(C(C)C)c(OCc2ccc(C(=O)Nc3nn(Cc4ccccc4Cl)cc3Cl)o2)c1. The molecule has 0 atom stereocenters. The lowest BCUT2D eigenvalue weighted by molar-refractivity contribution is 0.0992. The zero-order valence-electron chi connectivity index (χ0n) is 19.1. The smallest absolute Gasteiger partial charge is 0.292 e. The lowest BCUT2D eigenvalue weighted by Gasteiger charge is -2.14. The molecule has 176 valence electrons. The molecule has 0 aliphatic carbocycles. The average Bonchev–Trinajstić information content (AvgIpc) is 3.40. The third-order valence-corrected chi connectivity index (χ3v) is 5.93. The van der Waals surface area contributed by atoms with Gasteiger partial charge in [-0.15, -0.1) is 0 Å². The molecule has 1 N–H and O–H groups in total. The van der Waals surface area contributed by atoms with Gasteiger partial charge in [0.15, 0.2) is 11.6 Å². The number of ether oxygens (including phenoxy) is 1. The highest BCUT2D eigenvalue weighted by molar-refractivity contribution is 6.33. The average molecular weight is 498 g/mol. The van der Waals surface area contributed by atoms with E-state index in [1.807, 2.05) is 37.3 Å². The normalized spacial score (nSPS) is 11.1. The molecule has 4 aromatic rings. The van der Waals surface area contributed by atoms with E-state index in [1.54, 1.807) is 23.0 Å². The van der Waals surface area contributed by atoms with Gasteiger partial charge in [0, 0.05) is 11.2 Å². The van der Waals surface area contributed by atoms with E-state index >= 15 is 0 Å². The molecule has 0 unspecified atom stereocenters. The number of furan rings is 1. The summed E-state index contributed by atoms with van der Waals surface area (Å²) in [4.78, 5) is 12.7. The van der Waals surface area contributed by atoms with E-state index < -0.39 is 5.91 Å². The Labute approximate surface area is 208 Å². The summed E-state index contributed by atoms with van der Waals surface area (Å²) in [6.07, 6.45) is 1.63.